The second-order valence-electron chi connectivity index (χ2n) is 2.61. The van der Waals surface area contributed by atoms with Crippen molar-refractivity contribution in [3.63, 3.8) is 0 Å². The van der Waals surface area contributed by atoms with Crippen molar-refractivity contribution in [2.45, 2.75) is 13.8 Å². The van der Waals surface area contributed by atoms with Gasteiger partial charge in [0.1, 0.15) is 0 Å². The van der Waals surface area contributed by atoms with E-state index in [9.17, 15) is 0 Å². The molecule has 0 aliphatic heterocycles. The largest absolute Gasteiger partial charge is 0.389 e. The molecule has 0 rings (SSSR count). The Labute approximate surface area is 78.9 Å². The van der Waals surface area contributed by atoms with Crippen molar-refractivity contribution in [1.29, 1.82) is 0 Å². The van der Waals surface area contributed by atoms with E-state index in [-0.39, 0.29) is 5.16 Å². The number of halogens is 1. The van der Waals surface area contributed by atoms with Crippen LogP contribution in [0.4, 0.5) is 0 Å². The van der Waals surface area contributed by atoms with Gasteiger partial charge >= 0.3 is 0 Å². The zero-order chi connectivity index (χ0) is 9.72. The maximum atomic E-state index is 5.55. The molecule has 0 aromatic carbocycles. The lowest BCUT2D eigenvalue weighted by Gasteiger charge is -2.04. The number of rotatable bonds is 3. The fourth-order valence-corrected chi connectivity index (χ4v) is 0.931. The molecule has 1 nitrogen and oxygen atoms in total. The Morgan fingerprint density at radius 3 is 2.17 bits per heavy atom. The molecule has 0 heterocycles. The molecule has 0 spiro atoms. The second kappa shape index (κ2) is 4.83. The summed E-state index contributed by atoms with van der Waals surface area (Å²) in [6.07, 6.45) is 3.43. The summed E-state index contributed by atoms with van der Waals surface area (Å²) in [6.45, 7) is 11.3. The van der Waals surface area contributed by atoms with Crippen LogP contribution < -0.4 is 5.73 Å². The molecule has 0 radical (unpaired) electrons. The molecule has 0 fully saturated rings. The van der Waals surface area contributed by atoms with E-state index in [4.69, 9.17) is 17.3 Å². The fourth-order valence-electron chi connectivity index (χ4n) is 0.821. The summed E-state index contributed by atoms with van der Waals surface area (Å²) in [6, 6.07) is 0. The van der Waals surface area contributed by atoms with Gasteiger partial charge in [-0.15, -0.1) is 0 Å². The Kier molecular flexibility index (Phi) is 4.45. The van der Waals surface area contributed by atoms with E-state index < -0.39 is 0 Å². The standard InChI is InChI=1S/C10H14ClN/c1-5-8(4)9(7(2)3)6-10(11)12/h5-6H,1-2,12H2,3-4H3/b9-8+,10-6-. The lowest BCUT2D eigenvalue weighted by molar-refractivity contribution is 1.34. The molecule has 0 aromatic heterocycles. The van der Waals surface area contributed by atoms with Gasteiger partial charge in [-0.2, -0.15) is 0 Å². The third-order valence-corrected chi connectivity index (χ3v) is 1.58. The molecule has 0 atom stereocenters. The van der Waals surface area contributed by atoms with Crippen molar-refractivity contribution in [1.82, 2.24) is 0 Å². The summed E-state index contributed by atoms with van der Waals surface area (Å²) < 4.78 is 0. The first-order valence-corrected chi connectivity index (χ1v) is 3.98. The van der Waals surface area contributed by atoms with Crippen LogP contribution in [0, 0.1) is 0 Å². The minimum absolute atomic E-state index is 0.259. The molecule has 0 aliphatic carbocycles. The molecule has 0 amide bonds. The van der Waals surface area contributed by atoms with Gasteiger partial charge < -0.3 is 5.73 Å². The van der Waals surface area contributed by atoms with Crippen LogP contribution in [0.25, 0.3) is 0 Å². The van der Waals surface area contributed by atoms with E-state index in [2.05, 4.69) is 13.2 Å². The van der Waals surface area contributed by atoms with Crippen molar-refractivity contribution in [3.8, 4) is 0 Å². The average molecular weight is 184 g/mol. The normalized spacial score (nSPS) is 13.8. The predicted octanol–water partition coefficient (Wildman–Crippen LogP) is 3.10. The first-order chi connectivity index (χ1) is 5.49. The Balaban J connectivity index is 5.06. The van der Waals surface area contributed by atoms with Gasteiger partial charge in [-0.3, -0.25) is 0 Å². The molecule has 12 heavy (non-hydrogen) atoms. The van der Waals surface area contributed by atoms with Crippen molar-refractivity contribution in [2.24, 2.45) is 5.73 Å². The minimum Gasteiger partial charge on any atom is -0.389 e. The van der Waals surface area contributed by atoms with Crippen LogP contribution in [-0.2, 0) is 0 Å². The molecule has 0 bridgehead atoms. The molecule has 0 aromatic rings. The van der Waals surface area contributed by atoms with Gasteiger partial charge in [0.25, 0.3) is 0 Å². The molecular formula is C10H14ClN. The highest BCUT2D eigenvalue weighted by Crippen LogP contribution is 2.16. The van der Waals surface area contributed by atoms with Gasteiger partial charge in [0.2, 0.25) is 0 Å². The van der Waals surface area contributed by atoms with Crippen LogP contribution >= 0.6 is 11.6 Å². The van der Waals surface area contributed by atoms with Gasteiger partial charge in [-0.1, -0.05) is 36.4 Å². The number of hydrogen-bond acceptors (Lipinski definition) is 1. The van der Waals surface area contributed by atoms with Crippen LogP contribution in [0.2, 0.25) is 0 Å². The molecule has 0 aliphatic rings. The maximum Gasteiger partial charge on any atom is 0.0998 e. The summed E-state index contributed by atoms with van der Waals surface area (Å²) >= 11 is 5.55. The summed E-state index contributed by atoms with van der Waals surface area (Å²) in [5.41, 5.74) is 8.23. The highest BCUT2D eigenvalue weighted by atomic mass is 35.5. The number of hydrogen-bond donors (Lipinski definition) is 1. The highest BCUT2D eigenvalue weighted by molar-refractivity contribution is 6.29. The van der Waals surface area contributed by atoms with Gasteiger partial charge in [0.05, 0.1) is 5.16 Å². The molecule has 2 N–H and O–H groups in total. The topological polar surface area (TPSA) is 26.0 Å². The van der Waals surface area contributed by atoms with Crippen molar-refractivity contribution in [2.75, 3.05) is 0 Å². The lowest BCUT2D eigenvalue weighted by atomic mass is 10.0. The quantitative estimate of drug-likeness (QED) is 0.528. The Bertz CT molecular complexity index is 255. The van der Waals surface area contributed by atoms with Crippen molar-refractivity contribution < 1.29 is 0 Å². The van der Waals surface area contributed by atoms with Gasteiger partial charge in [0, 0.05) is 0 Å². The third kappa shape index (κ3) is 3.44. The Morgan fingerprint density at radius 2 is 1.92 bits per heavy atom. The summed E-state index contributed by atoms with van der Waals surface area (Å²) in [5.74, 6) is 0. The maximum absolute atomic E-state index is 5.55. The predicted molar refractivity (Wildman–Crippen MR) is 55.8 cm³/mol. The first-order valence-electron chi connectivity index (χ1n) is 3.61. The van der Waals surface area contributed by atoms with Crippen molar-refractivity contribution in [3.05, 3.63) is 47.2 Å². The first kappa shape index (κ1) is 11.1. The fraction of sp³-hybridized carbons (Fsp3) is 0.200. The number of nitrogens with two attached hydrogens (primary N) is 1. The molecule has 2 heteroatoms. The average Bonchev–Trinajstić information content (AvgIpc) is 1.98. The SMILES string of the molecule is C=C/C(C)=C(\C=C(/N)Cl)C(=C)C. The van der Waals surface area contributed by atoms with Gasteiger partial charge in [-0.05, 0) is 31.1 Å². The Morgan fingerprint density at radius 1 is 1.42 bits per heavy atom. The zero-order valence-electron chi connectivity index (χ0n) is 7.52. The van der Waals surface area contributed by atoms with E-state index in [1.807, 2.05) is 13.8 Å². The van der Waals surface area contributed by atoms with E-state index in [1.165, 1.54) is 0 Å². The van der Waals surface area contributed by atoms with E-state index in [0.717, 1.165) is 16.7 Å². The van der Waals surface area contributed by atoms with Crippen LogP contribution in [0.1, 0.15) is 13.8 Å². The van der Waals surface area contributed by atoms with E-state index >= 15 is 0 Å². The van der Waals surface area contributed by atoms with Gasteiger partial charge in [-0.25, -0.2) is 0 Å². The molecule has 0 unspecified atom stereocenters. The van der Waals surface area contributed by atoms with Crippen LogP contribution in [-0.4, -0.2) is 0 Å². The Hall–Kier alpha value is -0.950. The van der Waals surface area contributed by atoms with Crippen molar-refractivity contribution >= 4 is 11.6 Å². The minimum atomic E-state index is 0.259. The zero-order valence-corrected chi connectivity index (χ0v) is 8.28. The monoisotopic (exact) mass is 183 g/mol. The molecular weight excluding hydrogens is 170 g/mol. The molecule has 0 saturated carbocycles. The van der Waals surface area contributed by atoms with Gasteiger partial charge in [0.15, 0.2) is 0 Å². The molecule has 0 saturated heterocycles. The summed E-state index contributed by atoms with van der Waals surface area (Å²) in [4.78, 5) is 0. The lowest BCUT2D eigenvalue weighted by Crippen LogP contribution is -1.91. The molecule has 66 valence electrons. The van der Waals surface area contributed by atoms with E-state index in [1.54, 1.807) is 12.2 Å². The van der Waals surface area contributed by atoms with Crippen LogP contribution in [0.3, 0.4) is 0 Å². The smallest absolute Gasteiger partial charge is 0.0998 e. The second-order valence-corrected chi connectivity index (χ2v) is 3.05. The van der Waals surface area contributed by atoms with E-state index in [0.29, 0.717) is 0 Å². The summed E-state index contributed by atoms with van der Waals surface area (Å²) in [5, 5.41) is 0.259. The summed E-state index contributed by atoms with van der Waals surface area (Å²) in [7, 11) is 0. The third-order valence-electron chi connectivity index (χ3n) is 1.47. The van der Waals surface area contributed by atoms with Crippen LogP contribution in [0.15, 0.2) is 47.2 Å². The van der Waals surface area contributed by atoms with Crippen LogP contribution in [0.5, 0.6) is 0 Å². The highest BCUT2D eigenvalue weighted by Gasteiger charge is 1.98. The number of allylic oxidation sites excluding steroid dienone is 5.